The molecule has 0 saturated carbocycles. The standard InChI is InChI=1S/C24H28F2N2O3/c1-15(2)17-4-7-20(8-5-17)31-16(3)24(30)28-12-10-19(11-13-28)27-23(29)21-9-6-18(25)14-22(21)26/h4-9,14-16,19H,10-13H2,1-3H3,(H,27,29). The maximum atomic E-state index is 13.8. The van der Waals surface area contributed by atoms with Crippen molar-refractivity contribution in [2.45, 2.75) is 51.7 Å². The summed E-state index contributed by atoms with van der Waals surface area (Å²) in [5.41, 5.74) is 1.02. The number of benzene rings is 2. The fourth-order valence-corrected chi connectivity index (χ4v) is 3.62. The highest BCUT2D eigenvalue weighted by atomic mass is 19.1. The summed E-state index contributed by atoms with van der Waals surface area (Å²) < 4.78 is 32.6. The van der Waals surface area contributed by atoms with Crippen LogP contribution in [0.1, 0.15) is 55.5 Å². The highest BCUT2D eigenvalue weighted by molar-refractivity contribution is 5.94. The molecule has 31 heavy (non-hydrogen) atoms. The topological polar surface area (TPSA) is 58.6 Å². The van der Waals surface area contributed by atoms with Crippen LogP contribution in [0.15, 0.2) is 42.5 Å². The molecule has 5 nitrogen and oxygen atoms in total. The smallest absolute Gasteiger partial charge is 0.263 e. The predicted molar refractivity (Wildman–Crippen MR) is 114 cm³/mol. The molecular weight excluding hydrogens is 402 g/mol. The van der Waals surface area contributed by atoms with E-state index in [1.54, 1.807) is 11.8 Å². The molecular formula is C24H28F2N2O3. The van der Waals surface area contributed by atoms with Crippen molar-refractivity contribution in [2.75, 3.05) is 13.1 Å². The number of hydrogen-bond acceptors (Lipinski definition) is 3. The number of rotatable bonds is 6. The summed E-state index contributed by atoms with van der Waals surface area (Å²) in [4.78, 5) is 26.7. The van der Waals surface area contributed by atoms with E-state index in [1.165, 1.54) is 5.56 Å². The van der Waals surface area contributed by atoms with E-state index in [1.807, 2.05) is 24.3 Å². The number of hydrogen-bond donors (Lipinski definition) is 1. The molecule has 1 unspecified atom stereocenters. The van der Waals surface area contributed by atoms with Crippen molar-refractivity contribution >= 4 is 11.8 Å². The molecule has 0 spiro atoms. The second-order valence-electron chi connectivity index (χ2n) is 8.18. The second-order valence-corrected chi connectivity index (χ2v) is 8.18. The van der Waals surface area contributed by atoms with Gasteiger partial charge in [-0.1, -0.05) is 26.0 Å². The van der Waals surface area contributed by atoms with Gasteiger partial charge in [-0.15, -0.1) is 0 Å². The zero-order valence-corrected chi connectivity index (χ0v) is 18.0. The van der Waals surface area contributed by atoms with Gasteiger partial charge < -0.3 is 15.0 Å². The highest BCUT2D eigenvalue weighted by Crippen LogP contribution is 2.21. The van der Waals surface area contributed by atoms with E-state index in [9.17, 15) is 18.4 Å². The Morgan fingerprint density at radius 3 is 2.26 bits per heavy atom. The van der Waals surface area contributed by atoms with Crippen LogP contribution < -0.4 is 10.1 Å². The number of nitrogens with one attached hydrogen (secondary N) is 1. The van der Waals surface area contributed by atoms with Crippen LogP contribution >= 0.6 is 0 Å². The molecule has 0 bridgehead atoms. The maximum absolute atomic E-state index is 13.8. The third-order valence-corrected chi connectivity index (χ3v) is 5.53. The highest BCUT2D eigenvalue weighted by Gasteiger charge is 2.28. The molecule has 0 aliphatic carbocycles. The van der Waals surface area contributed by atoms with E-state index in [0.29, 0.717) is 43.7 Å². The summed E-state index contributed by atoms with van der Waals surface area (Å²) in [6.07, 6.45) is 0.482. The summed E-state index contributed by atoms with van der Waals surface area (Å²) in [5, 5.41) is 2.77. The quantitative estimate of drug-likeness (QED) is 0.744. The van der Waals surface area contributed by atoms with Crippen molar-refractivity contribution in [3.63, 3.8) is 0 Å². The van der Waals surface area contributed by atoms with Crippen molar-refractivity contribution < 1.29 is 23.1 Å². The first kappa shape index (κ1) is 22.7. The van der Waals surface area contributed by atoms with E-state index in [4.69, 9.17) is 4.74 Å². The van der Waals surface area contributed by atoms with Gasteiger partial charge in [0.1, 0.15) is 17.4 Å². The van der Waals surface area contributed by atoms with E-state index in [0.717, 1.165) is 12.1 Å². The zero-order chi connectivity index (χ0) is 22.5. The van der Waals surface area contributed by atoms with Gasteiger partial charge in [-0.2, -0.15) is 0 Å². The fraction of sp³-hybridized carbons (Fsp3) is 0.417. The Morgan fingerprint density at radius 1 is 1.03 bits per heavy atom. The van der Waals surface area contributed by atoms with Gasteiger partial charge in [0.2, 0.25) is 0 Å². The number of carbonyl (C=O) groups is 2. The molecule has 1 heterocycles. The monoisotopic (exact) mass is 430 g/mol. The van der Waals surface area contributed by atoms with Crippen LogP contribution in [-0.2, 0) is 4.79 Å². The number of ether oxygens (including phenoxy) is 1. The summed E-state index contributed by atoms with van der Waals surface area (Å²) in [5.74, 6) is -1.24. The van der Waals surface area contributed by atoms with Crippen LogP contribution in [0.3, 0.4) is 0 Å². The molecule has 1 saturated heterocycles. The van der Waals surface area contributed by atoms with E-state index in [-0.39, 0.29) is 17.5 Å². The summed E-state index contributed by atoms with van der Waals surface area (Å²) in [7, 11) is 0. The molecule has 1 aliphatic heterocycles. The maximum Gasteiger partial charge on any atom is 0.263 e. The van der Waals surface area contributed by atoms with Crippen LogP contribution in [-0.4, -0.2) is 41.9 Å². The molecule has 2 aromatic carbocycles. The summed E-state index contributed by atoms with van der Waals surface area (Å²) in [6.45, 7) is 6.89. The lowest BCUT2D eigenvalue weighted by atomic mass is 10.0. The van der Waals surface area contributed by atoms with Gasteiger partial charge in [-0.05, 0) is 55.5 Å². The van der Waals surface area contributed by atoms with Crippen LogP contribution in [0, 0.1) is 11.6 Å². The molecule has 1 N–H and O–H groups in total. The van der Waals surface area contributed by atoms with Gasteiger partial charge in [0.15, 0.2) is 6.10 Å². The Hall–Kier alpha value is -2.96. The fourth-order valence-electron chi connectivity index (χ4n) is 3.62. The molecule has 0 aromatic heterocycles. The SMILES string of the molecule is CC(Oc1ccc(C(C)C)cc1)C(=O)N1CCC(NC(=O)c2ccc(F)cc2F)CC1. The molecule has 166 valence electrons. The van der Waals surface area contributed by atoms with Crippen molar-refractivity contribution in [2.24, 2.45) is 0 Å². The van der Waals surface area contributed by atoms with Gasteiger partial charge in [0.25, 0.3) is 11.8 Å². The van der Waals surface area contributed by atoms with Crippen LogP contribution in [0.2, 0.25) is 0 Å². The second kappa shape index (κ2) is 9.90. The van der Waals surface area contributed by atoms with Crippen molar-refractivity contribution in [3.05, 3.63) is 65.2 Å². The first-order chi connectivity index (χ1) is 14.7. The number of piperidine rings is 1. The summed E-state index contributed by atoms with van der Waals surface area (Å²) in [6, 6.07) is 10.4. The predicted octanol–water partition coefficient (Wildman–Crippen LogP) is 4.28. The number of likely N-dealkylation sites (tertiary alicyclic amines) is 1. The number of amides is 2. The molecule has 2 aromatic rings. The van der Waals surface area contributed by atoms with Crippen molar-refractivity contribution in [3.8, 4) is 5.75 Å². The average Bonchev–Trinajstić information content (AvgIpc) is 2.74. The molecule has 1 aliphatic rings. The number of carbonyl (C=O) groups excluding carboxylic acids is 2. The lowest BCUT2D eigenvalue weighted by Gasteiger charge is -2.33. The van der Waals surface area contributed by atoms with E-state index in [2.05, 4.69) is 19.2 Å². The van der Waals surface area contributed by atoms with Crippen molar-refractivity contribution in [1.29, 1.82) is 0 Å². The van der Waals surface area contributed by atoms with E-state index >= 15 is 0 Å². The Bertz CT molecular complexity index is 923. The normalized spacial score (nSPS) is 15.6. The third-order valence-electron chi connectivity index (χ3n) is 5.53. The molecule has 3 rings (SSSR count). The van der Waals surface area contributed by atoms with Crippen LogP contribution in [0.4, 0.5) is 8.78 Å². The van der Waals surface area contributed by atoms with E-state index < -0.39 is 23.6 Å². The van der Waals surface area contributed by atoms with Gasteiger partial charge in [-0.25, -0.2) is 8.78 Å². The Labute approximate surface area is 181 Å². The van der Waals surface area contributed by atoms with Crippen LogP contribution in [0.5, 0.6) is 5.75 Å². The molecule has 2 amide bonds. The Balaban J connectivity index is 1.49. The third kappa shape index (κ3) is 5.81. The average molecular weight is 430 g/mol. The first-order valence-electron chi connectivity index (χ1n) is 10.6. The number of halogens is 2. The molecule has 7 heteroatoms. The van der Waals surface area contributed by atoms with Crippen LogP contribution in [0.25, 0.3) is 0 Å². The zero-order valence-electron chi connectivity index (χ0n) is 18.0. The first-order valence-corrected chi connectivity index (χ1v) is 10.6. The minimum absolute atomic E-state index is 0.109. The summed E-state index contributed by atoms with van der Waals surface area (Å²) >= 11 is 0. The molecule has 1 atom stereocenters. The minimum atomic E-state index is -0.891. The molecule has 0 radical (unpaired) electrons. The van der Waals surface area contributed by atoms with Gasteiger partial charge in [0.05, 0.1) is 5.56 Å². The molecule has 1 fully saturated rings. The van der Waals surface area contributed by atoms with Gasteiger partial charge in [-0.3, -0.25) is 9.59 Å². The lowest BCUT2D eigenvalue weighted by molar-refractivity contribution is -0.139. The largest absolute Gasteiger partial charge is 0.481 e. The van der Waals surface area contributed by atoms with Crippen molar-refractivity contribution in [1.82, 2.24) is 10.2 Å². The van der Waals surface area contributed by atoms with Gasteiger partial charge in [0, 0.05) is 25.2 Å². The Kier molecular flexibility index (Phi) is 7.25. The lowest BCUT2D eigenvalue weighted by Crippen LogP contribution is -2.49. The van der Waals surface area contributed by atoms with Gasteiger partial charge >= 0.3 is 0 Å². The Morgan fingerprint density at radius 2 is 1.68 bits per heavy atom. The number of nitrogens with zero attached hydrogens (tertiary/aromatic N) is 1. The minimum Gasteiger partial charge on any atom is -0.481 e.